The van der Waals surface area contributed by atoms with Crippen LogP contribution in [-0.4, -0.2) is 87.4 Å². The molecule has 0 aliphatic heterocycles. The maximum Gasteiger partial charge on any atom is 0.361 e. The van der Waals surface area contributed by atoms with E-state index >= 15 is 0 Å². The predicted octanol–water partition coefficient (Wildman–Crippen LogP) is 16.7. The zero-order valence-electron chi connectivity index (χ0n) is 45.7. The molecule has 0 saturated heterocycles. The van der Waals surface area contributed by atoms with Gasteiger partial charge in [0, 0.05) is 12.8 Å². The van der Waals surface area contributed by atoms with Crippen molar-refractivity contribution in [2.75, 3.05) is 47.5 Å². The van der Waals surface area contributed by atoms with Crippen LogP contribution in [0.4, 0.5) is 0 Å². The number of carboxylic acid groups (broad SMARTS) is 1. The molecule has 9 heteroatoms. The molecule has 69 heavy (non-hydrogen) atoms. The number of carbonyl (C=O) groups excluding carboxylic acids is 2. The fourth-order valence-electron chi connectivity index (χ4n) is 8.21. The van der Waals surface area contributed by atoms with Gasteiger partial charge in [-0.2, -0.15) is 0 Å². The van der Waals surface area contributed by atoms with Crippen LogP contribution in [0.15, 0.2) is 48.6 Å². The quantitative estimate of drug-likeness (QED) is 0.0211. The van der Waals surface area contributed by atoms with E-state index in [2.05, 4.69) is 50.3 Å². The highest BCUT2D eigenvalue weighted by molar-refractivity contribution is 5.71. The van der Waals surface area contributed by atoms with Gasteiger partial charge in [-0.3, -0.25) is 9.59 Å². The van der Waals surface area contributed by atoms with Crippen molar-refractivity contribution in [2.45, 2.75) is 270 Å². The number of ether oxygens (including phenoxy) is 4. The number of aliphatic carboxylic acids is 1. The Labute approximate surface area is 425 Å². The first-order valence-corrected chi connectivity index (χ1v) is 28.8. The van der Waals surface area contributed by atoms with Gasteiger partial charge >= 0.3 is 17.9 Å². The summed E-state index contributed by atoms with van der Waals surface area (Å²) in [7, 11) is 5.94. The van der Waals surface area contributed by atoms with Crippen LogP contribution in [-0.2, 0) is 33.3 Å². The topological polar surface area (TPSA) is 108 Å². The largest absolute Gasteiger partial charge is 0.477 e. The zero-order chi connectivity index (χ0) is 50.6. The number of esters is 2. The Morgan fingerprint density at radius 3 is 1.20 bits per heavy atom. The molecule has 0 aliphatic rings. The number of hydrogen-bond acceptors (Lipinski definition) is 7. The van der Waals surface area contributed by atoms with Crippen LogP contribution in [0.25, 0.3) is 0 Å². The fourth-order valence-corrected chi connectivity index (χ4v) is 8.21. The molecule has 0 radical (unpaired) electrons. The standard InChI is InChI=1S/C60H109NO8/c1-6-8-10-12-14-16-18-20-21-22-23-24-25-26-27-28-29-30-31-32-33-34-35-36-37-39-40-42-44-46-48-50-57(62)67-54-56(55-68-60(59(64)65)66-53-52-61(3,4)5)69-58(63)51-49-47-45-43-41-38-19-17-15-13-11-9-7-2/h9,11,15,17,38,41,45,47,56,60H,6-8,10,12-14,16,18-37,39-40,42-44,46,48-55H2,1-5H3/p+1/b11-9-,17-15-,41-38-,47-45-. The van der Waals surface area contributed by atoms with Crippen LogP contribution in [0.5, 0.6) is 0 Å². The van der Waals surface area contributed by atoms with E-state index in [9.17, 15) is 19.5 Å². The lowest BCUT2D eigenvalue weighted by molar-refractivity contribution is -0.870. The molecule has 2 atom stereocenters. The van der Waals surface area contributed by atoms with Gasteiger partial charge in [-0.15, -0.1) is 0 Å². The number of carboxylic acids is 1. The maximum atomic E-state index is 12.8. The Morgan fingerprint density at radius 2 is 0.826 bits per heavy atom. The Hall–Kier alpha value is -2.75. The average molecular weight is 974 g/mol. The molecule has 0 fully saturated rings. The minimum Gasteiger partial charge on any atom is -0.477 e. The number of allylic oxidation sites excluding steroid dienone is 8. The highest BCUT2D eigenvalue weighted by Crippen LogP contribution is 2.17. The lowest BCUT2D eigenvalue weighted by Crippen LogP contribution is -2.40. The van der Waals surface area contributed by atoms with E-state index in [0.717, 1.165) is 44.9 Å². The molecule has 0 amide bonds. The molecule has 9 nitrogen and oxygen atoms in total. The van der Waals surface area contributed by atoms with Gasteiger partial charge in [0.25, 0.3) is 6.29 Å². The molecule has 0 saturated carbocycles. The van der Waals surface area contributed by atoms with E-state index in [1.165, 1.54) is 180 Å². The van der Waals surface area contributed by atoms with Crippen molar-refractivity contribution in [1.29, 1.82) is 0 Å². The molecule has 0 aromatic heterocycles. The summed E-state index contributed by atoms with van der Waals surface area (Å²) in [6, 6.07) is 0. The monoisotopic (exact) mass is 973 g/mol. The van der Waals surface area contributed by atoms with Crippen LogP contribution in [0.3, 0.4) is 0 Å². The molecular formula is C60H110NO8+. The van der Waals surface area contributed by atoms with Gasteiger partial charge in [-0.1, -0.05) is 255 Å². The normalized spacial score (nSPS) is 13.1. The van der Waals surface area contributed by atoms with E-state index < -0.39 is 24.3 Å². The molecule has 0 aliphatic carbocycles. The van der Waals surface area contributed by atoms with Crippen molar-refractivity contribution in [2.24, 2.45) is 0 Å². The minimum absolute atomic E-state index is 0.140. The number of likely N-dealkylation sites (N-methyl/N-ethyl adjacent to an activating group) is 1. The highest BCUT2D eigenvalue weighted by atomic mass is 16.7. The van der Waals surface area contributed by atoms with Crippen molar-refractivity contribution >= 4 is 17.9 Å². The molecule has 0 aromatic rings. The summed E-state index contributed by atoms with van der Waals surface area (Å²) in [6.07, 6.45) is 61.0. The van der Waals surface area contributed by atoms with Crippen molar-refractivity contribution in [3.63, 3.8) is 0 Å². The Kier molecular flexibility index (Phi) is 49.5. The van der Waals surface area contributed by atoms with Crippen molar-refractivity contribution in [3.05, 3.63) is 48.6 Å². The van der Waals surface area contributed by atoms with Crippen LogP contribution in [0, 0.1) is 0 Å². The summed E-state index contributed by atoms with van der Waals surface area (Å²) in [6.45, 7) is 4.70. The SMILES string of the molecule is CC/C=C\C/C=C\C/C=C\C/C=C\CCC(=O)OC(COC(=O)CCCCCCCCCCCCCCCCCCCCCCCCCCCCCCCCC)COC(OCC[N+](C)(C)C)C(=O)O. The van der Waals surface area contributed by atoms with Crippen molar-refractivity contribution in [3.8, 4) is 0 Å². The van der Waals surface area contributed by atoms with E-state index in [1.54, 1.807) is 0 Å². The van der Waals surface area contributed by atoms with E-state index in [4.69, 9.17) is 18.9 Å². The number of unbranched alkanes of at least 4 members (excludes halogenated alkanes) is 30. The summed E-state index contributed by atoms with van der Waals surface area (Å²) in [5.74, 6) is -2.11. The summed E-state index contributed by atoms with van der Waals surface area (Å²) in [4.78, 5) is 37.2. The second kappa shape index (κ2) is 51.6. The third-order valence-corrected chi connectivity index (χ3v) is 12.6. The first-order valence-electron chi connectivity index (χ1n) is 28.8. The second-order valence-electron chi connectivity index (χ2n) is 20.6. The Bertz CT molecular complexity index is 1270. The summed E-state index contributed by atoms with van der Waals surface area (Å²) < 4.78 is 22.7. The molecular weight excluding hydrogens is 863 g/mol. The van der Waals surface area contributed by atoms with Crippen LogP contribution >= 0.6 is 0 Å². The van der Waals surface area contributed by atoms with Gasteiger partial charge in [0.1, 0.15) is 13.2 Å². The summed E-state index contributed by atoms with van der Waals surface area (Å²) >= 11 is 0. The van der Waals surface area contributed by atoms with E-state index in [0.29, 0.717) is 23.9 Å². The molecule has 2 unspecified atom stereocenters. The number of rotatable bonds is 53. The fraction of sp³-hybridized carbons (Fsp3) is 0.817. The van der Waals surface area contributed by atoms with Gasteiger partial charge in [0.2, 0.25) is 0 Å². The van der Waals surface area contributed by atoms with E-state index in [1.807, 2.05) is 33.3 Å². The average Bonchev–Trinajstić information content (AvgIpc) is 3.31. The molecule has 1 N–H and O–H groups in total. The summed E-state index contributed by atoms with van der Waals surface area (Å²) in [5.41, 5.74) is 0. The molecule has 402 valence electrons. The third-order valence-electron chi connectivity index (χ3n) is 12.6. The van der Waals surface area contributed by atoms with Crippen LogP contribution in [0.2, 0.25) is 0 Å². The maximum absolute atomic E-state index is 12.8. The Morgan fingerprint density at radius 1 is 0.449 bits per heavy atom. The number of nitrogens with zero attached hydrogens (tertiary/aromatic N) is 1. The van der Waals surface area contributed by atoms with Crippen LogP contribution in [0.1, 0.15) is 258 Å². The lowest BCUT2D eigenvalue weighted by Gasteiger charge is -2.25. The molecule has 0 spiro atoms. The van der Waals surface area contributed by atoms with Crippen molar-refractivity contribution in [1.82, 2.24) is 0 Å². The zero-order valence-corrected chi connectivity index (χ0v) is 45.7. The lowest BCUT2D eigenvalue weighted by atomic mass is 10.0. The molecule has 0 bridgehead atoms. The summed E-state index contributed by atoms with van der Waals surface area (Å²) in [5, 5.41) is 9.66. The van der Waals surface area contributed by atoms with Gasteiger partial charge < -0.3 is 28.5 Å². The first kappa shape index (κ1) is 66.2. The van der Waals surface area contributed by atoms with Crippen molar-refractivity contribution < 1.29 is 42.9 Å². The number of carbonyl (C=O) groups is 3. The van der Waals surface area contributed by atoms with Gasteiger partial charge in [-0.25, -0.2) is 4.79 Å². The van der Waals surface area contributed by atoms with Gasteiger partial charge in [0.15, 0.2) is 6.10 Å². The van der Waals surface area contributed by atoms with E-state index in [-0.39, 0.29) is 32.2 Å². The van der Waals surface area contributed by atoms with Gasteiger partial charge in [-0.05, 0) is 38.5 Å². The smallest absolute Gasteiger partial charge is 0.361 e. The number of quaternary nitrogens is 1. The third kappa shape index (κ3) is 52.9. The van der Waals surface area contributed by atoms with Gasteiger partial charge in [0.05, 0.1) is 34.4 Å². The molecule has 0 aromatic carbocycles. The predicted molar refractivity (Wildman–Crippen MR) is 290 cm³/mol. The van der Waals surface area contributed by atoms with Crippen LogP contribution < -0.4 is 0 Å². The molecule has 0 heterocycles. The number of hydrogen-bond donors (Lipinski definition) is 1. The first-order chi connectivity index (χ1) is 33.6. The highest BCUT2D eigenvalue weighted by Gasteiger charge is 2.25. The molecule has 0 rings (SSSR count). The minimum atomic E-state index is -1.53. The Balaban J connectivity index is 4.08. The second-order valence-corrected chi connectivity index (χ2v) is 20.6.